The van der Waals surface area contributed by atoms with Gasteiger partial charge in [0.1, 0.15) is 0 Å². The molecule has 1 amide bonds. The lowest BCUT2D eigenvalue weighted by Crippen LogP contribution is -2.52. The van der Waals surface area contributed by atoms with Gasteiger partial charge in [0.15, 0.2) is 0 Å². The Kier molecular flexibility index (Phi) is 3.54. The Morgan fingerprint density at radius 1 is 1.26 bits per heavy atom. The Balaban J connectivity index is 1.83. The van der Waals surface area contributed by atoms with Crippen molar-refractivity contribution in [2.24, 2.45) is 16.7 Å². The van der Waals surface area contributed by atoms with E-state index < -0.39 is 17.6 Å². The smallest absolute Gasteiger partial charge is 0.348 e. The molecule has 2 aliphatic rings. The minimum atomic E-state index is -4.44. The molecule has 3 atom stereocenters. The van der Waals surface area contributed by atoms with Gasteiger partial charge in [0.2, 0.25) is 0 Å². The van der Waals surface area contributed by atoms with Crippen LogP contribution in [0.15, 0.2) is 24.3 Å². The number of hydrogen-bond donors (Lipinski definition) is 1. The van der Waals surface area contributed by atoms with Crippen LogP contribution in [0.2, 0.25) is 0 Å². The van der Waals surface area contributed by atoms with Gasteiger partial charge in [-0.15, -0.1) is 0 Å². The number of halogens is 3. The quantitative estimate of drug-likeness (QED) is 0.842. The van der Waals surface area contributed by atoms with E-state index in [1.54, 1.807) is 0 Å². The molecule has 0 radical (unpaired) electrons. The number of alkyl halides is 3. The van der Waals surface area contributed by atoms with E-state index in [-0.39, 0.29) is 22.4 Å². The average molecular weight is 325 g/mol. The molecule has 2 saturated carbocycles. The highest BCUT2D eigenvalue weighted by atomic mass is 19.4. The first-order valence-electron chi connectivity index (χ1n) is 8.02. The number of rotatable bonds is 2. The Morgan fingerprint density at radius 3 is 2.52 bits per heavy atom. The van der Waals surface area contributed by atoms with Gasteiger partial charge in [-0.1, -0.05) is 26.8 Å². The van der Waals surface area contributed by atoms with Gasteiger partial charge in [-0.25, -0.2) is 0 Å². The molecule has 1 aromatic carbocycles. The zero-order valence-electron chi connectivity index (χ0n) is 13.6. The van der Waals surface area contributed by atoms with Crippen LogP contribution in [0, 0.1) is 16.7 Å². The van der Waals surface area contributed by atoms with E-state index >= 15 is 0 Å². The van der Waals surface area contributed by atoms with Gasteiger partial charge in [0.25, 0.3) is 5.91 Å². The standard InChI is InChI=1S/C18H22F3NO/c1-16(2)13-7-8-17(3,10-13)15(16)22-14(23)11-5-4-6-12(9-11)18(19,20)21/h4-6,9,13,15H,7-8,10H2,1-3H3,(H,22,23)/t13-,15+,17+/m0/s1. The van der Waals surface area contributed by atoms with Crippen molar-refractivity contribution in [2.75, 3.05) is 0 Å². The minimum absolute atomic E-state index is 0.00390. The molecule has 2 nitrogen and oxygen atoms in total. The molecule has 126 valence electrons. The van der Waals surface area contributed by atoms with Crippen LogP contribution in [-0.2, 0) is 6.18 Å². The highest BCUT2D eigenvalue weighted by Crippen LogP contribution is 2.62. The largest absolute Gasteiger partial charge is 0.416 e. The maximum absolute atomic E-state index is 12.8. The van der Waals surface area contributed by atoms with Crippen LogP contribution in [0.3, 0.4) is 0 Å². The summed E-state index contributed by atoms with van der Waals surface area (Å²) >= 11 is 0. The summed E-state index contributed by atoms with van der Waals surface area (Å²) in [5.41, 5.74) is -0.693. The second-order valence-electron chi connectivity index (χ2n) is 7.90. The third-order valence-corrected chi connectivity index (χ3v) is 6.00. The predicted octanol–water partition coefficient (Wildman–Crippen LogP) is 4.65. The SMILES string of the molecule is CC1(C)[C@H]2CC[C@](C)(C2)[C@@H]1NC(=O)c1cccc(C(F)(F)F)c1. The van der Waals surface area contributed by atoms with Crippen molar-refractivity contribution in [2.45, 2.75) is 52.3 Å². The fraction of sp³-hybridized carbons (Fsp3) is 0.611. The molecule has 2 aliphatic carbocycles. The number of benzene rings is 1. The molecule has 0 saturated heterocycles. The van der Waals surface area contributed by atoms with Gasteiger partial charge in [-0.3, -0.25) is 4.79 Å². The molecule has 0 unspecified atom stereocenters. The average Bonchev–Trinajstić information content (AvgIpc) is 2.94. The summed E-state index contributed by atoms with van der Waals surface area (Å²) in [6, 6.07) is 4.63. The van der Waals surface area contributed by atoms with E-state index in [4.69, 9.17) is 0 Å². The van der Waals surface area contributed by atoms with Crippen LogP contribution in [0.1, 0.15) is 56.0 Å². The number of fused-ring (bicyclic) bond motifs is 2. The lowest BCUT2D eigenvalue weighted by atomic mass is 9.68. The zero-order chi connectivity index (χ0) is 17.0. The van der Waals surface area contributed by atoms with Gasteiger partial charge in [-0.2, -0.15) is 13.2 Å². The summed E-state index contributed by atoms with van der Waals surface area (Å²) in [6.07, 6.45) is -1.13. The van der Waals surface area contributed by atoms with Crippen molar-refractivity contribution in [3.8, 4) is 0 Å². The molecular weight excluding hydrogens is 303 g/mol. The fourth-order valence-corrected chi connectivity index (χ4v) is 4.71. The Hall–Kier alpha value is -1.52. The van der Waals surface area contributed by atoms with E-state index in [9.17, 15) is 18.0 Å². The lowest BCUT2D eigenvalue weighted by Gasteiger charge is -2.43. The second-order valence-corrected chi connectivity index (χ2v) is 7.90. The second kappa shape index (κ2) is 4.99. The van der Waals surface area contributed by atoms with Gasteiger partial charge < -0.3 is 5.32 Å². The molecular formula is C18H22F3NO. The van der Waals surface area contributed by atoms with Crippen molar-refractivity contribution >= 4 is 5.91 Å². The lowest BCUT2D eigenvalue weighted by molar-refractivity contribution is -0.137. The minimum Gasteiger partial charge on any atom is -0.348 e. The normalized spacial score (nSPS) is 32.1. The molecule has 0 aromatic heterocycles. The number of amides is 1. The summed E-state index contributed by atoms with van der Waals surface area (Å²) in [5, 5.41) is 3.03. The van der Waals surface area contributed by atoms with E-state index in [0.29, 0.717) is 5.92 Å². The van der Waals surface area contributed by atoms with Crippen LogP contribution in [0.5, 0.6) is 0 Å². The molecule has 23 heavy (non-hydrogen) atoms. The predicted molar refractivity (Wildman–Crippen MR) is 81.9 cm³/mol. The van der Waals surface area contributed by atoms with Gasteiger partial charge in [-0.05, 0) is 54.2 Å². The Morgan fingerprint density at radius 2 is 1.96 bits per heavy atom. The number of carbonyl (C=O) groups excluding carboxylic acids is 1. The molecule has 2 fully saturated rings. The Bertz CT molecular complexity index is 633. The molecule has 5 heteroatoms. The molecule has 2 bridgehead atoms. The third-order valence-electron chi connectivity index (χ3n) is 6.00. The topological polar surface area (TPSA) is 29.1 Å². The van der Waals surface area contributed by atoms with Crippen LogP contribution < -0.4 is 5.32 Å². The summed E-state index contributed by atoms with van der Waals surface area (Å²) in [4.78, 5) is 12.5. The van der Waals surface area contributed by atoms with Crippen molar-refractivity contribution in [1.29, 1.82) is 0 Å². The van der Waals surface area contributed by atoms with E-state index in [2.05, 4.69) is 26.1 Å². The summed E-state index contributed by atoms with van der Waals surface area (Å²) < 4.78 is 38.4. The van der Waals surface area contributed by atoms with E-state index in [1.807, 2.05) is 0 Å². The van der Waals surface area contributed by atoms with Gasteiger partial charge in [0.05, 0.1) is 5.56 Å². The molecule has 3 rings (SSSR count). The molecule has 1 aromatic rings. The molecule has 0 heterocycles. The van der Waals surface area contributed by atoms with Crippen LogP contribution >= 0.6 is 0 Å². The van der Waals surface area contributed by atoms with Gasteiger partial charge in [0, 0.05) is 11.6 Å². The molecule has 0 spiro atoms. The first-order chi connectivity index (χ1) is 10.5. The van der Waals surface area contributed by atoms with Crippen molar-refractivity contribution in [3.05, 3.63) is 35.4 Å². The highest BCUT2D eigenvalue weighted by Gasteiger charge is 2.59. The first kappa shape index (κ1) is 16.3. The first-order valence-corrected chi connectivity index (χ1v) is 8.02. The van der Waals surface area contributed by atoms with Crippen LogP contribution in [0.25, 0.3) is 0 Å². The van der Waals surface area contributed by atoms with Crippen molar-refractivity contribution in [1.82, 2.24) is 5.32 Å². The number of carbonyl (C=O) groups is 1. The van der Waals surface area contributed by atoms with E-state index in [1.165, 1.54) is 18.6 Å². The third kappa shape index (κ3) is 2.64. The summed E-state index contributed by atoms with van der Waals surface area (Å²) in [6.45, 7) is 6.48. The zero-order valence-corrected chi connectivity index (χ0v) is 13.6. The van der Waals surface area contributed by atoms with Gasteiger partial charge >= 0.3 is 6.18 Å². The Labute approximate surface area is 134 Å². The van der Waals surface area contributed by atoms with E-state index in [0.717, 1.165) is 25.0 Å². The number of hydrogen-bond acceptors (Lipinski definition) is 1. The summed E-state index contributed by atoms with van der Waals surface area (Å²) in [5.74, 6) is 0.155. The molecule has 1 N–H and O–H groups in total. The van der Waals surface area contributed by atoms with Crippen LogP contribution in [-0.4, -0.2) is 11.9 Å². The van der Waals surface area contributed by atoms with Crippen molar-refractivity contribution in [3.63, 3.8) is 0 Å². The monoisotopic (exact) mass is 325 g/mol. The molecule has 0 aliphatic heterocycles. The van der Waals surface area contributed by atoms with Crippen LogP contribution in [0.4, 0.5) is 13.2 Å². The highest BCUT2D eigenvalue weighted by molar-refractivity contribution is 5.94. The maximum Gasteiger partial charge on any atom is 0.416 e. The number of nitrogens with one attached hydrogen (secondary N) is 1. The summed E-state index contributed by atoms with van der Waals surface area (Å²) in [7, 11) is 0. The fourth-order valence-electron chi connectivity index (χ4n) is 4.71. The maximum atomic E-state index is 12.8. The van der Waals surface area contributed by atoms with Crippen molar-refractivity contribution < 1.29 is 18.0 Å².